The van der Waals surface area contributed by atoms with Crippen LogP contribution in [0.25, 0.3) is 0 Å². The number of aromatic nitrogens is 2. The lowest BCUT2D eigenvalue weighted by atomic mass is 9.87. The van der Waals surface area contributed by atoms with Crippen molar-refractivity contribution in [3.05, 3.63) is 15.9 Å². The minimum atomic E-state index is -0.311. The van der Waals surface area contributed by atoms with Gasteiger partial charge < -0.3 is 5.32 Å². The second-order valence-corrected chi connectivity index (χ2v) is 6.24. The summed E-state index contributed by atoms with van der Waals surface area (Å²) in [6, 6.07) is 0. The average molecular weight is 342 g/mol. The van der Waals surface area contributed by atoms with Crippen LogP contribution < -0.4 is 5.32 Å². The summed E-state index contributed by atoms with van der Waals surface area (Å²) in [6.45, 7) is 8.00. The second-order valence-electron chi connectivity index (χ2n) is 5.44. The summed E-state index contributed by atoms with van der Waals surface area (Å²) in [7, 11) is 0. The minimum absolute atomic E-state index is 0.301. The number of rotatable bonds is 6. The molecule has 1 unspecified atom stereocenters. The van der Waals surface area contributed by atoms with Crippen LogP contribution >= 0.6 is 15.9 Å². The van der Waals surface area contributed by atoms with Crippen molar-refractivity contribution in [2.45, 2.75) is 65.0 Å². The normalized spacial score (nSPS) is 22.4. The molecule has 0 saturated carbocycles. The maximum Gasteiger partial charge on any atom is 0.158 e. The van der Waals surface area contributed by atoms with Crippen molar-refractivity contribution in [3.63, 3.8) is 0 Å². The topological polar surface area (TPSA) is 46.9 Å². The predicted molar refractivity (Wildman–Crippen MR) is 83.9 cm³/mol. The van der Waals surface area contributed by atoms with Gasteiger partial charge in [-0.15, -0.1) is 0 Å². The summed E-state index contributed by atoms with van der Waals surface area (Å²) in [4.78, 5) is 12.8. The molecule has 20 heavy (non-hydrogen) atoms. The average Bonchev–Trinajstić information content (AvgIpc) is 3.06. The van der Waals surface area contributed by atoms with E-state index in [2.05, 4.69) is 47.1 Å². The Morgan fingerprint density at radius 1 is 1.45 bits per heavy atom. The Bertz CT molecular complexity index is 490. The molecule has 2 rings (SSSR count). The van der Waals surface area contributed by atoms with Gasteiger partial charge in [-0.2, -0.15) is 5.10 Å². The second kappa shape index (κ2) is 6.39. The molecular formula is C15H24BrN3O. The molecule has 0 amide bonds. The van der Waals surface area contributed by atoms with Crippen molar-refractivity contribution in [2.75, 3.05) is 6.54 Å². The number of carbonyl (C=O) groups is 1. The summed E-state index contributed by atoms with van der Waals surface area (Å²) in [5.41, 5.74) is 1.75. The van der Waals surface area contributed by atoms with Crippen molar-refractivity contribution in [2.24, 2.45) is 0 Å². The fourth-order valence-corrected chi connectivity index (χ4v) is 3.76. The van der Waals surface area contributed by atoms with Crippen LogP contribution in [0, 0.1) is 0 Å². The molecule has 1 saturated heterocycles. The van der Waals surface area contributed by atoms with Gasteiger partial charge in [0.2, 0.25) is 0 Å². The van der Waals surface area contributed by atoms with Gasteiger partial charge in [0.25, 0.3) is 0 Å². The standard InChI is InChI=1S/C15H24BrN3O/c1-4-11-14(16)12(19(6-3)18-11)10-13(20)15(5-2)8-7-9-17-15/h17H,4-10H2,1-3H3. The number of nitrogens with zero attached hydrogens (tertiary/aromatic N) is 2. The summed E-state index contributed by atoms with van der Waals surface area (Å²) < 4.78 is 2.97. The number of aryl methyl sites for hydroxylation is 2. The van der Waals surface area contributed by atoms with Crippen LogP contribution in [0.5, 0.6) is 0 Å². The van der Waals surface area contributed by atoms with Gasteiger partial charge in [0.1, 0.15) is 0 Å². The minimum Gasteiger partial charge on any atom is -0.305 e. The molecule has 0 aromatic carbocycles. The largest absolute Gasteiger partial charge is 0.305 e. The number of carbonyl (C=O) groups excluding carboxylic acids is 1. The van der Waals surface area contributed by atoms with Gasteiger partial charge in [0, 0.05) is 6.54 Å². The van der Waals surface area contributed by atoms with E-state index in [1.165, 1.54) is 0 Å². The molecule has 1 aliphatic rings. The van der Waals surface area contributed by atoms with Crippen LogP contribution in [-0.4, -0.2) is 27.6 Å². The third kappa shape index (κ3) is 2.70. The van der Waals surface area contributed by atoms with Crippen LogP contribution in [0.15, 0.2) is 4.47 Å². The van der Waals surface area contributed by atoms with Crippen molar-refractivity contribution in [1.29, 1.82) is 0 Å². The van der Waals surface area contributed by atoms with E-state index in [1.54, 1.807) is 0 Å². The van der Waals surface area contributed by atoms with E-state index < -0.39 is 0 Å². The third-order valence-electron chi connectivity index (χ3n) is 4.40. The predicted octanol–water partition coefficient (Wildman–Crippen LogP) is 2.87. The van der Waals surface area contributed by atoms with Gasteiger partial charge in [-0.25, -0.2) is 0 Å². The zero-order chi connectivity index (χ0) is 14.8. The van der Waals surface area contributed by atoms with Crippen molar-refractivity contribution >= 4 is 21.7 Å². The molecule has 0 bridgehead atoms. The number of ketones is 1. The molecule has 4 nitrogen and oxygen atoms in total. The molecule has 2 heterocycles. The van der Waals surface area contributed by atoms with Crippen molar-refractivity contribution in [3.8, 4) is 0 Å². The van der Waals surface area contributed by atoms with Crippen LogP contribution in [0.4, 0.5) is 0 Å². The number of halogens is 1. The van der Waals surface area contributed by atoms with Gasteiger partial charge >= 0.3 is 0 Å². The fourth-order valence-electron chi connectivity index (χ4n) is 3.05. The van der Waals surface area contributed by atoms with Crippen LogP contribution in [0.2, 0.25) is 0 Å². The molecule has 112 valence electrons. The molecule has 0 spiro atoms. The first-order valence-corrected chi connectivity index (χ1v) is 8.39. The number of hydrogen-bond acceptors (Lipinski definition) is 3. The van der Waals surface area contributed by atoms with E-state index in [1.807, 2.05) is 4.68 Å². The van der Waals surface area contributed by atoms with E-state index >= 15 is 0 Å². The number of Topliss-reactive ketones (excluding diaryl/α,β-unsaturated/α-hetero) is 1. The van der Waals surface area contributed by atoms with Crippen LogP contribution in [-0.2, 0) is 24.2 Å². The summed E-state index contributed by atoms with van der Waals surface area (Å²) >= 11 is 3.62. The van der Waals surface area contributed by atoms with Crippen molar-refractivity contribution < 1.29 is 4.79 Å². The maximum absolute atomic E-state index is 12.8. The molecule has 1 aromatic rings. The molecule has 1 aliphatic heterocycles. The van der Waals surface area contributed by atoms with E-state index in [-0.39, 0.29) is 5.54 Å². The summed E-state index contributed by atoms with van der Waals surface area (Å²) in [5, 5.41) is 8.00. The first kappa shape index (κ1) is 15.7. The monoisotopic (exact) mass is 341 g/mol. The highest BCUT2D eigenvalue weighted by atomic mass is 79.9. The fraction of sp³-hybridized carbons (Fsp3) is 0.733. The van der Waals surface area contributed by atoms with Crippen molar-refractivity contribution in [1.82, 2.24) is 15.1 Å². The van der Waals surface area contributed by atoms with Crippen LogP contribution in [0.3, 0.4) is 0 Å². The first-order valence-electron chi connectivity index (χ1n) is 7.60. The van der Waals surface area contributed by atoms with Gasteiger partial charge in [0.15, 0.2) is 5.78 Å². The molecular weight excluding hydrogens is 318 g/mol. The zero-order valence-electron chi connectivity index (χ0n) is 12.6. The Morgan fingerprint density at radius 2 is 2.20 bits per heavy atom. The number of hydrogen-bond donors (Lipinski definition) is 1. The molecule has 5 heteroatoms. The molecule has 1 fully saturated rings. The number of nitrogens with one attached hydrogen (secondary N) is 1. The highest BCUT2D eigenvalue weighted by Gasteiger charge is 2.39. The maximum atomic E-state index is 12.8. The Balaban J connectivity index is 2.25. The SMILES string of the molecule is CCc1nn(CC)c(CC(=O)C2(CC)CCCN2)c1Br. The van der Waals surface area contributed by atoms with Gasteiger partial charge in [0.05, 0.1) is 27.8 Å². The van der Waals surface area contributed by atoms with E-state index in [0.29, 0.717) is 12.2 Å². The molecule has 0 radical (unpaired) electrons. The highest BCUT2D eigenvalue weighted by molar-refractivity contribution is 9.10. The van der Waals surface area contributed by atoms with E-state index in [0.717, 1.165) is 54.6 Å². The lowest BCUT2D eigenvalue weighted by Crippen LogP contribution is -2.48. The first-order chi connectivity index (χ1) is 9.57. The Hall–Kier alpha value is -0.680. The Kier molecular flexibility index (Phi) is 5.02. The quantitative estimate of drug-likeness (QED) is 0.865. The van der Waals surface area contributed by atoms with E-state index in [4.69, 9.17) is 0 Å². The van der Waals surface area contributed by atoms with Gasteiger partial charge in [-0.05, 0) is 55.1 Å². The lowest BCUT2D eigenvalue weighted by Gasteiger charge is -2.26. The summed E-state index contributed by atoms with van der Waals surface area (Å²) in [6.07, 6.45) is 4.26. The molecule has 1 N–H and O–H groups in total. The third-order valence-corrected chi connectivity index (χ3v) is 5.32. The molecule has 0 aliphatic carbocycles. The smallest absolute Gasteiger partial charge is 0.158 e. The lowest BCUT2D eigenvalue weighted by molar-refractivity contribution is -0.124. The molecule has 1 atom stereocenters. The summed E-state index contributed by atoms with van der Waals surface area (Å²) in [5.74, 6) is 0.301. The van der Waals surface area contributed by atoms with Crippen LogP contribution in [0.1, 0.15) is 51.4 Å². The Labute approximate surface area is 129 Å². The van der Waals surface area contributed by atoms with Gasteiger partial charge in [-0.1, -0.05) is 13.8 Å². The zero-order valence-corrected chi connectivity index (χ0v) is 14.2. The highest BCUT2D eigenvalue weighted by Crippen LogP contribution is 2.28. The van der Waals surface area contributed by atoms with E-state index in [9.17, 15) is 4.79 Å². The molecule has 1 aromatic heterocycles. The Morgan fingerprint density at radius 3 is 2.70 bits per heavy atom. The van der Waals surface area contributed by atoms with Gasteiger partial charge in [-0.3, -0.25) is 9.48 Å².